The van der Waals surface area contributed by atoms with E-state index in [0.29, 0.717) is 6.04 Å². The van der Waals surface area contributed by atoms with Gasteiger partial charge in [0, 0.05) is 20.2 Å². The van der Waals surface area contributed by atoms with Crippen molar-refractivity contribution in [2.75, 3.05) is 6.54 Å². The fourth-order valence-electron chi connectivity index (χ4n) is 1.36. The number of nitrogens with one attached hydrogen (secondary N) is 1. The van der Waals surface area contributed by atoms with Crippen molar-refractivity contribution in [3.8, 4) is 0 Å². The minimum absolute atomic E-state index is 0. The van der Waals surface area contributed by atoms with E-state index in [-0.39, 0.29) is 8.41 Å². The molecule has 1 aliphatic heterocycles. The van der Waals surface area contributed by atoms with E-state index >= 15 is 0 Å². The summed E-state index contributed by atoms with van der Waals surface area (Å²) < 4.78 is 0. The minimum atomic E-state index is 0. The summed E-state index contributed by atoms with van der Waals surface area (Å²) >= 11 is 0. The number of hydrogen-bond acceptors (Lipinski definition) is 2. The van der Waals surface area contributed by atoms with Gasteiger partial charge in [-0.2, -0.15) is 0 Å². The molecule has 1 rings (SSSR count). The predicted octanol–water partition coefficient (Wildman–Crippen LogP) is 2.66. The molecule has 0 bridgehead atoms. The van der Waals surface area contributed by atoms with E-state index in [1.807, 2.05) is 27.7 Å². The van der Waals surface area contributed by atoms with Gasteiger partial charge in [-0.3, -0.25) is 0 Å². The van der Waals surface area contributed by atoms with Gasteiger partial charge in [0.15, 0.2) is 0 Å². The van der Waals surface area contributed by atoms with Crippen LogP contribution >= 0.6 is 0 Å². The highest BCUT2D eigenvalue weighted by molar-refractivity contribution is 5.75. The Morgan fingerprint density at radius 3 is 2.20 bits per heavy atom. The average molecular weight is 211 g/mol. The maximum atomic E-state index is 5.45. The first kappa shape index (κ1) is 20.0. The summed E-state index contributed by atoms with van der Waals surface area (Å²) in [6.45, 7) is 12.8. The molecule has 0 aromatic carbocycles. The second-order valence-corrected chi connectivity index (χ2v) is 2.99. The topological polar surface area (TPSA) is 38.0 Å². The third-order valence-electron chi connectivity index (χ3n) is 1.98. The zero-order valence-corrected chi connectivity index (χ0v) is 11.0. The highest BCUT2D eigenvalue weighted by atomic mass is 14.9. The fourth-order valence-corrected chi connectivity index (χ4v) is 1.36. The molecule has 0 aromatic heterocycles. The Bertz CT molecular complexity index is 121. The van der Waals surface area contributed by atoms with Crippen LogP contribution in [0.3, 0.4) is 0 Å². The molecule has 3 radical (unpaired) electrons. The van der Waals surface area contributed by atoms with Crippen LogP contribution in [0.5, 0.6) is 0 Å². The van der Waals surface area contributed by atoms with Crippen LogP contribution in [0.1, 0.15) is 53.4 Å². The summed E-state index contributed by atoms with van der Waals surface area (Å²) in [5.74, 6) is 0. The van der Waals surface area contributed by atoms with E-state index in [1.54, 1.807) is 0 Å². The molecule has 0 amide bonds. The van der Waals surface area contributed by atoms with Crippen molar-refractivity contribution in [2.45, 2.75) is 59.4 Å². The van der Waals surface area contributed by atoms with Gasteiger partial charge in [-0.15, -0.1) is 0 Å². The van der Waals surface area contributed by atoms with Gasteiger partial charge in [0.2, 0.25) is 0 Å². The summed E-state index contributed by atoms with van der Waals surface area (Å²) in [5, 5.41) is 3.42. The molecule has 3 N–H and O–H groups in total. The van der Waals surface area contributed by atoms with E-state index in [2.05, 4.69) is 11.9 Å². The van der Waals surface area contributed by atoms with E-state index < -0.39 is 0 Å². The molecule has 1 saturated heterocycles. The molecule has 0 saturated carbocycles. The first-order valence-electron chi connectivity index (χ1n) is 5.95. The molecule has 1 unspecified atom stereocenters. The zero-order valence-electron chi connectivity index (χ0n) is 11.0. The Morgan fingerprint density at radius 1 is 1.33 bits per heavy atom. The molecule has 1 atom stereocenters. The Hall–Kier alpha value is -0.435. The van der Waals surface area contributed by atoms with Crippen molar-refractivity contribution < 1.29 is 0 Å². The monoisotopic (exact) mass is 211 g/mol. The summed E-state index contributed by atoms with van der Waals surface area (Å²) in [4.78, 5) is 0. The molecule has 0 aliphatic carbocycles. The van der Waals surface area contributed by atoms with Crippen molar-refractivity contribution in [3.05, 3.63) is 12.3 Å². The van der Waals surface area contributed by atoms with Crippen LogP contribution in [0.15, 0.2) is 12.3 Å². The third kappa shape index (κ3) is 13.6. The predicted molar refractivity (Wildman–Crippen MR) is 72.0 cm³/mol. The van der Waals surface area contributed by atoms with Crippen molar-refractivity contribution in [3.63, 3.8) is 0 Å². The zero-order chi connectivity index (χ0) is 11.4. The third-order valence-corrected chi connectivity index (χ3v) is 1.98. The van der Waals surface area contributed by atoms with Gasteiger partial charge in [-0.25, -0.2) is 0 Å². The van der Waals surface area contributed by atoms with Gasteiger partial charge in [0.05, 0.1) is 0 Å². The normalized spacial score (nSPS) is 17.5. The first-order chi connectivity index (χ1) is 6.79. The lowest BCUT2D eigenvalue weighted by molar-refractivity contribution is 0.557. The summed E-state index contributed by atoms with van der Waals surface area (Å²) in [5.41, 5.74) is 6.26. The lowest BCUT2D eigenvalue weighted by Crippen LogP contribution is -2.21. The largest absolute Gasteiger partial charge is 0.403 e. The number of allylic oxidation sites excluding steroid dienone is 1. The van der Waals surface area contributed by atoms with Crippen molar-refractivity contribution >= 4 is 8.41 Å². The van der Waals surface area contributed by atoms with Crippen LogP contribution < -0.4 is 11.1 Å². The number of nitrogens with two attached hydrogens (primary N) is 1. The lowest BCUT2D eigenvalue weighted by atomic mass is 10.1. The van der Waals surface area contributed by atoms with Crippen LogP contribution in [0, 0.1) is 0 Å². The molecule has 89 valence electrons. The molecule has 3 heteroatoms. The Balaban J connectivity index is -0.000000258. The van der Waals surface area contributed by atoms with Gasteiger partial charge in [-0.1, -0.05) is 34.3 Å². The van der Waals surface area contributed by atoms with Gasteiger partial charge in [-0.05, 0) is 32.2 Å². The summed E-state index contributed by atoms with van der Waals surface area (Å²) in [6, 6.07) is 0.709. The van der Waals surface area contributed by atoms with Crippen molar-refractivity contribution in [1.82, 2.24) is 5.32 Å². The van der Waals surface area contributed by atoms with E-state index in [4.69, 9.17) is 5.73 Å². The second-order valence-electron chi connectivity index (χ2n) is 2.99. The van der Waals surface area contributed by atoms with Gasteiger partial charge < -0.3 is 11.1 Å². The second kappa shape index (κ2) is 16.0. The fraction of sp³-hybridized carbons (Fsp3) is 0.833. The molecular formula is C12H28BN2. The van der Waals surface area contributed by atoms with Crippen molar-refractivity contribution in [1.29, 1.82) is 0 Å². The average Bonchev–Trinajstić information content (AvgIpc) is 2.73. The minimum Gasteiger partial charge on any atom is -0.403 e. The van der Waals surface area contributed by atoms with E-state index in [9.17, 15) is 0 Å². The molecule has 15 heavy (non-hydrogen) atoms. The Labute approximate surface area is 98.3 Å². The molecule has 1 fully saturated rings. The van der Waals surface area contributed by atoms with Crippen LogP contribution in [-0.4, -0.2) is 21.0 Å². The highest BCUT2D eigenvalue weighted by Crippen LogP contribution is 2.11. The standard InChI is InChI=1S/C8H16N2.2C2H6.B/c1-7(9)4-5-8-3-2-6-10-8;2*1-2;/h8,10H,1-6,9H2;2*1-2H3;. The first-order valence-corrected chi connectivity index (χ1v) is 5.95. The van der Waals surface area contributed by atoms with Crippen LogP contribution in [0.4, 0.5) is 0 Å². The van der Waals surface area contributed by atoms with Gasteiger partial charge >= 0.3 is 0 Å². The molecule has 1 aliphatic rings. The molecular weight excluding hydrogens is 183 g/mol. The van der Waals surface area contributed by atoms with E-state index in [0.717, 1.165) is 18.5 Å². The Morgan fingerprint density at radius 2 is 1.87 bits per heavy atom. The van der Waals surface area contributed by atoms with Crippen LogP contribution in [0.2, 0.25) is 0 Å². The van der Waals surface area contributed by atoms with Crippen molar-refractivity contribution in [2.24, 2.45) is 5.73 Å². The summed E-state index contributed by atoms with van der Waals surface area (Å²) in [6.07, 6.45) is 4.77. The molecule has 0 aromatic rings. The molecule has 0 spiro atoms. The van der Waals surface area contributed by atoms with Crippen LogP contribution in [-0.2, 0) is 0 Å². The molecule has 1 heterocycles. The quantitative estimate of drug-likeness (QED) is 0.704. The maximum absolute atomic E-state index is 5.45. The smallest absolute Gasteiger partial charge is 0.00712 e. The van der Waals surface area contributed by atoms with Gasteiger partial charge in [0.25, 0.3) is 0 Å². The number of hydrogen-bond donors (Lipinski definition) is 2. The van der Waals surface area contributed by atoms with Gasteiger partial charge in [0.1, 0.15) is 0 Å². The maximum Gasteiger partial charge on any atom is 0.00712 e. The number of rotatable bonds is 3. The molecule has 2 nitrogen and oxygen atoms in total. The van der Waals surface area contributed by atoms with Crippen LogP contribution in [0.25, 0.3) is 0 Å². The van der Waals surface area contributed by atoms with E-state index in [1.165, 1.54) is 19.4 Å². The summed E-state index contributed by atoms with van der Waals surface area (Å²) in [7, 11) is 0. The lowest BCUT2D eigenvalue weighted by Gasteiger charge is -2.08. The SMILES string of the molecule is C=C(N)CCC1CCCN1.CC.CC.[B]. The Kier molecular flexibility index (Phi) is 21.4. The highest BCUT2D eigenvalue weighted by Gasteiger charge is 2.12.